The molecule has 0 aliphatic carbocycles. The summed E-state index contributed by atoms with van der Waals surface area (Å²) < 4.78 is 5.46. The van der Waals surface area contributed by atoms with Gasteiger partial charge in [-0.1, -0.05) is 0 Å². The van der Waals surface area contributed by atoms with Crippen LogP contribution in [0.1, 0.15) is 6.92 Å². The Labute approximate surface area is 94.0 Å². The minimum Gasteiger partial charge on any atom is -0.493 e. The highest BCUT2D eigenvalue weighted by atomic mass is 32.2. The topological polar surface area (TPSA) is 52.3 Å². The molecule has 0 bridgehead atoms. The average molecular weight is 225 g/mol. The van der Waals surface area contributed by atoms with Crippen molar-refractivity contribution in [2.45, 2.75) is 6.92 Å². The monoisotopic (exact) mass is 225 g/mol. The van der Waals surface area contributed by atoms with Gasteiger partial charge in [-0.15, -0.1) is 0 Å². The van der Waals surface area contributed by atoms with E-state index in [4.69, 9.17) is 10.5 Å². The molecule has 1 aromatic carbocycles. The molecule has 0 saturated carbocycles. The Morgan fingerprint density at radius 1 is 1.40 bits per heavy atom. The van der Waals surface area contributed by atoms with Gasteiger partial charge in [0.15, 0.2) is 0 Å². The van der Waals surface area contributed by atoms with Gasteiger partial charge in [0, 0.05) is 11.4 Å². The zero-order valence-electron chi connectivity index (χ0n) is 8.73. The minimum absolute atomic E-state index is 0.201. The van der Waals surface area contributed by atoms with Crippen LogP contribution in [-0.2, 0) is 4.79 Å². The number of benzene rings is 1. The molecule has 0 fully saturated rings. The molecule has 0 spiro atoms. The Hall–Kier alpha value is -1.16. The van der Waals surface area contributed by atoms with E-state index in [-0.39, 0.29) is 5.78 Å². The summed E-state index contributed by atoms with van der Waals surface area (Å²) in [6, 6.07) is 7.28. The van der Waals surface area contributed by atoms with E-state index in [9.17, 15) is 4.79 Å². The quantitative estimate of drug-likeness (QED) is 0.594. The molecule has 0 saturated heterocycles. The van der Waals surface area contributed by atoms with E-state index >= 15 is 0 Å². The van der Waals surface area contributed by atoms with E-state index in [1.807, 2.05) is 12.1 Å². The number of nitrogen functional groups attached to an aromatic ring is 1. The van der Waals surface area contributed by atoms with Crippen LogP contribution in [-0.4, -0.2) is 23.9 Å². The molecule has 0 heterocycles. The number of anilines is 1. The lowest BCUT2D eigenvalue weighted by atomic mass is 10.3. The second kappa shape index (κ2) is 6.35. The van der Waals surface area contributed by atoms with Crippen molar-refractivity contribution in [1.29, 1.82) is 0 Å². The van der Waals surface area contributed by atoms with Gasteiger partial charge in [-0.25, -0.2) is 0 Å². The Balaban J connectivity index is 2.15. The van der Waals surface area contributed by atoms with Gasteiger partial charge in [0.2, 0.25) is 0 Å². The van der Waals surface area contributed by atoms with Crippen molar-refractivity contribution < 1.29 is 9.53 Å². The van der Waals surface area contributed by atoms with E-state index < -0.39 is 0 Å². The molecule has 1 rings (SSSR count). The van der Waals surface area contributed by atoms with Gasteiger partial charge in [-0.3, -0.25) is 4.79 Å². The fourth-order valence-corrected chi connectivity index (χ4v) is 1.63. The molecule has 3 nitrogen and oxygen atoms in total. The van der Waals surface area contributed by atoms with Gasteiger partial charge >= 0.3 is 0 Å². The number of carbonyl (C=O) groups is 1. The number of thioether (sulfide) groups is 1. The summed E-state index contributed by atoms with van der Waals surface area (Å²) in [6.45, 7) is 2.20. The standard InChI is InChI=1S/C11H15NO2S/c1-9(13)8-15-7-6-14-11-4-2-10(12)3-5-11/h2-5H,6-8,12H2,1H3. The smallest absolute Gasteiger partial charge is 0.139 e. The molecule has 0 radical (unpaired) electrons. The molecule has 1 aromatic rings. The highest BCUT2D eigenvalue weighted by molar-refractivity contribution is 7.99. The third-order valence-electron chi connectivity index (χ3n) is 1.68. The molecule has 2 N–H and O–H groups in total. The maximum absolute atomic E-state index is 10.6. The summed E-state index contributed by atoms with van der Waals surface area (Å²) in [6.07, 6.45) is 0. The number of Topliss-reactive ketones (excluding diaryl/α,β-unsaturated/α-hetero) is 1. The number of ether oxygens (including phenoxy) is 1. The van der Waals surface area contributed by atoms with Crippen LogP contribution in [0.3, 0.4) is 0 Å². The molecule has 0 amide bonds. The normalized spacial score (nSPS) is 9.93. The van der Waals surface area contributed by atoms with Crippen LogP contribution in [0.2, 0.25) is 0 Å². The zero-order valence-corrected chi connectivity index (χ0v) is 9.55. The largest absolute Gasteiger partial charge is 0.493 e. The number of carbonyl (C=O) groups excluding carboxylic acids is 1. The predicted molar refractivity (Wildman–Crippen MR) is 64.4 cm³/mol. The highest BCUT2D eigenvalue weighted by Crippen LogP contribution is 2.13. The third-order valence-corrected chi connectivity index (χ3v) is 2.75. The lowest BCUT2D eigenvalue weighted by Crippen LogP contribution is -2.03. The van der Waals surface area contributed by atoms with Gasteiger partial charge in [-0.05, 0) is 31.2 Å². The van der Waals surface area contributed by atoms with Crippen LogP contribution < -0.4 is 10.5 Å². The lowest BCUT2D eigenvalue weighted by Gasteiger charge is -2.05. The minimum atomic E-state index is 0.201. The van der Waals surface area contributed by atoms with Crippen molar-refractivity contribution in [1.82, 2.24) is 0 Å². The molecular formula is C11H15NO2S. The van der Waals surface area contributed by atoms with Crippen molar-refractivity contribution in [2.75, 3.05) is 23.8 Å². The Morgan fingerprint density at radius 2 is 2.07 bits per heavy atom. The summed E-state index contributed by atoms with van der Waals surface area (Å²) in [5, 5.41) is 0. The summed E-state index contributed by atoms with van der Waals surface area (Å²) in [5.41, 5.74) is 6.27. The number of hydrogen-bond donors (Lipinski definition) is 1. The SMILES string of the molecule is CC(=O)CSCCOc1ccc(N)cc1. The molecule has 15 heavy (non-hydrogen) atoms. The van der Waals surface area contributed by atoms with Gasteiger partial charge in [0.25, 0.3) is 0 Å². The van der Waals surface area contributed by atoms with Crippen molar-refractivity contribution in [3.8, 4) is 5.75 Å². The van der Waals surface area contributed by atoms with Crippen LogP contribution in [0.25, 0.3) is 0 Å². The maximum Gasteiger partial charge on any atom is 0.139 e. The summed E-state index contributed by atoms with van der Waals surface area (Å²) in [5.74, 6) is 2.40. The average Bonchev–Trinajstić information content (AvgIpc) is 2.20. The van der Waals surface area contributed by atoms with Crippen LogP contribution in [0.5, 0.6) is 5.75 Å². The summed E-state index contributed by atoms with van der Waals surface area (Å²) in [4.78, 5) is 10.6. The summed E-state index contributed by atoms with van der Waals surface area (Å²) >= 11 is 1.58. The first kappa shape index (κ1) is 11.9. The van der Waals surface area contributed by atoms with Gasteiger partial charge < -0.3 is 10.5 Å². The number of ketones is 1. The van der Waals surface area contributed by atoms with Gasteiger partial charge in [-0.2, -0.15) is 11.8 Å². The first-order valence-electron chi connectivity index (χ1n) is 4.74. The molecular weight excluding hydrogens is 210 g/mol. The van der Waals surface area contributed by atoms with Crippen LogP contribution in [0, 0.1) is 0 Å². The fraction of sp³-hybridized carbons (Fsp3) is 0.364. The van der Waals surface area contributed by atoms with E-state index in [2.05, 4.69) is 0 Å². The maximum atomic E-state index is 10.6. The van der Waals surface area contributed by atoms with E-state index in [1.54, 1.807) is 30.8 Å². The third kappa shape index (κ3) is 5.32. The summed E-state index contributed by atoms with van der Waals surface area (Å²) in [7, 11) is 0. The van der Waals surface area contributed by atoms with Crippen molar-refractivity contribution in [2.24, 2.45) is 0 Å². The van der Waals surface area contributed by atoms with Crippen LogP contribution >= 0.6 is 11.8 Å². The Kier molecular flexibility index (Phi) is 5.04. The van der Waals surface area contributed by atoms with Crippen molar-refractivity contribution in [3.05, 3.63) is 24.3 Å². The van der Waals surface area contributed by atoms with E-state index in [0.29, 0.717) is 12.4 Å². The number of hydrogen-bond acceptors (Lipinski definition) is 4. The van der Waals surface area contributed by atoms with Crippen LogP contribution in [0.15, 0.2) is 24.3 Å². The van der Waals surface area contributed by atoms with Crippen molar-refractivity contribution in [3.63, 3.8) is 0 Å². The number of nitrogens with two attached hydrogens (primary N) is 1. The fourth-order valence-electron chi connectivity index (χ4n) is 0.998. The predicted octanol–water partition coefficient (Wildman–Crippen LogP) is 1.97. The molecule has 0 aliphatic rings. The van der Waals surface area contributed by atoms with Gasteiger partial charge in [0.1, 0.15) is 11.5 Å². The molecule has 0 aromatic heterocycles. The molecule has 0 atom stereocenters. The molecule has 0 unspecified atom stereocenters. The molecule has 0 aliphatic heterocycles. The Bertz CT molecular complexity index is 311. The first-order chi connectivity index (χ1) is 7.18. The highest BCUT2D eigenvalue weighted by Gasteiger charge is 1.95. The zero-order chi connectivity index (χ0) is 11.1. The second-order valence-electron chi connectivity index (χ2n) is 3.17. The van der Waals surface area contributed by atoms with Gasteiger partial charge in [0.05, 0.1) is 12.4 Å². The first-order valence-corrected chi connectivity index (χ1v) is 5.89. The van der Waals surface area contributed by atoms with Crippen LogP contribution in [0.4, 0.5) is 5.69 Å². The second-order valence-corrected chi connectivity index (χ2v) is 4.28. The molecule has 4 heteroatoms. The van der Waals surface area contributed by atoms with E-state index in [1.165, 1.54) is 0 Å². The van der Waals surface area contributed by atoms with Crippen molar-refractivity contribution >= 4 is 23.2 Å². The van der Waals surface area contributed by atoms with E-state index in [0.717, 1.165) is 17.2 Å². The lowest BCUT2D eigenvalue weighted by molar-refractivity contribution is -0.114. The molecule has 82 valence electrons. The Morgan fingerprint density at radius 3 is 2.67 bits per heavy atom. The number of rotatable bonds is 6.